The third kappa shape index (κ3) is 3.70. The molecule has 1 fully saturated rings. The summed E-state index contributed by atoms with van der Waals surface area (Å²) in [6.45, 7) is 4.30. The Kier molecular flexibility index (Phi) is 5.35. The van der Waals surface area contributed by atoms with Crippen molar-refractivity contribution in [3.05, 3.63) is 23.9 Å². The number of carbonyl (C=O) groups is 1. The number of pyridine rings is 1. The topological polar surface area (TPSA) is 54.5 Å². The maximum absolute atomic E-state index is 12.0. The summed E-state index contributed by atoms with van der Waals surface area (Å²) >= 11 is 0. The lowest BCUT2D eigenvalue weighted by atomic mass is 9.91. The molecule has 0 spiro atoms. The number of amides is 1. The van der Waals surface area contributed by atoms with Gasteiger partial charge in [0.2, 0.25) is 5.91 Å². The van der Waals surface area contributed by atoms with Crippen LogP contribution in [0.4, 0.5) is 5.82 Å². The van der Waals surface area contributed by atoms with Crippen LogP contribution in [0.2, 0.25) is 0 Å². The summed E-state index contributed by atoms with van der Waals surface area (Å²) < 4.78 is 5.21. The number of rotatable bonds is 5. The SMILES string of the molecule is CCOCC(=O)N1CCC[C@@H](c2ccnc(NC)c2)C1. The molecule has 1 aromatic heterocycles. The smallest absolute Gasteiger partial charge is 0.248 e. The molecule has 1 saturated heterocycles. The predicted octanol–water partition coefficient (Wildman–Crippen LogP) is 1.87. The van der Waals surface area contributed by atoms with Gasteiger partial charge in [-0.15, -0.1) is 0 Å². The van der Waals surface area contributed by atoms with Gasteiger partial charge >= 0.3 is 0 Å². The van der Waals surface area contributed by atoms with Gasteiger partial charge in [-0.25, -0.2) is 4.98 Å². The third-order valence-corrected chi connectivity index (χ3v) is 3.72. The first-order valence-corrected chi connectivity index (χ1v) is 7.23. The molecule has 5 nitrogen and oxygen atoms in total. The maximum atomic E-state index is 12.0. The van der Waals surface area contributed by atoms with E-state index in [2.05, 4.69) is 16.4 Å². The fourth-order valence-electron chi connectivity index (χ4n) is 2.59. The van der Waals surface area contributed by atoms with Gasteiger partial charge in [0, 0.05) is 38.9 Å². The van der Waals surface area contributed by atoms with E-state index in [1.165, 1.54) is 5.56 Å². The van der Waals surface area contributed by atoms with Crippen molar-refractivity contribution in [2.75, 3.05) is 38.7 Å². The highest BCUT2D eigenvalue weighted by Gasteiger charge is 2.24. The average Bonchev–Trinajstić information content (AvgIpc) is 2.52. The largest absolute Gasteiger partial charge is 0.373 e. The molecule has 110 valence electrons. The van der Waals surface area contributed by atoms with Crippen molar-refractivity contribution >= 4 is 11.7 Å². The summed E-state index contributed by atoms with van der Waals surface area (Å²) in [5.41, 5.74) is 1.25. The first-order chi connectivity index (χ1) is 9.74. The van der Waals surface area contributed by atoms with Crippen LogP contribution in [0.25, 0.3) is 0 Å². The van der Waals surface area contributed by atoms with E-state index in [0.717, 1.165) is 31.7 Å². The monoisotopic (exact) mass is 277 g/mol. The molecule has 0 saturated carbocycles. The van der Waals surface area contributed by atoms with E-state index < -0.39 is 0 Å². The first-order valence-electron chi connectivity index (χ1n) is 7.23. The van der Waals surface area contributed by atoms with Crippen LogP contribution in [0, 0.1) is 0 Å². The Labute approximate surface area is 120 Å². The van der Waals surface area contributed by atoms with Crippen LogP contribution in [-0.4, -0.2) is 49.1 Å². The quantitative estimate of drug-likeness (QED) is 0.892. The van der Waals surface area contributed by atoms with Crippen LogP contribution in [0.1, 0.15) is 31.2 Å². The molecule has 0 radical (unpaired) electrons. The molecule has 1 aromatic rings. The lowest BCUT2D eigenvalue weighted by molar-refractivity contribution is -0.137. The molecule has 5 heteroatoms. The molecule has 0 aliphatic carbocycles. The van der Waals surface area contributed by atoms with Gasteiger partial charge in [-0.2, -0.15) is 0 Å². The fourth-order valence-corrected chi connectivity index (χ4v) is 2.59. The minimum Gasteiger partial charge on any atom is -0.373 e. The number of likely N-dealkylation sites (tertiary alicyclic amines) is 1. The average molecular weight is 277 g/mol. The first kappa shape index (κ1) is 14.8. The summed E-state index contributed by atoms with van der Waals surface area (Å²) in [6, 6.07) is 4.11. The van der Waals surface area contributed by atoms with Crippen LogP contribution in [0.3, 0.4) is 0 Å². The Bertz CT molecular complexity index is 450. The third-order valence-electron chi connectivity index (χ3n) is 3.72. The van der Waals surface area contributed by atoms with E-state index in [9.17, 15) is 4.79 Å². The van der Waals surface area contributed by atoms with Gasteiger partial charge in [0.25, 0.3) is 0 Å². The molecule has 1 amide bonds. The number of piperidine rings is 1. The molecule has 1 N–H and O–H groups in total. The fraction of sp³-hybridized carbons (Fsp3) is 0.600. The highest BCUT2D eigenvalue weighted by Crippen LogP contribution is 2.27. The van der Waals surface area contributed by atoms with Crippen molar-refractivity contribution in [3.63, 3.8) is 0 Å². The van der Waals surface area contributed by atoms with Crippen molar-refractivity contribution < 1.29 is 9.53 Å². The second-order valence-electron chi connectivity index (χ2n) is 5.04. The Hall–Kier alpha value is -1.62. The van der Waals surface area contributed by atoms with E-state index in [4.69, 9.17) is 4.74 Å². The lowest BCUT2D eigenvalue weighted by Gasteiger charge is -2.33. The zero-order chi connectivity index (χ0) is 14.4. The molecule has 2 rings (SSSR count). The Morgan fingerprint density at radius 2 is 2.45 bits per heavy atom. The van der Waals surface area contributed by atoms with Crippen molar-refractivity contribution in [1.82, 2.24) is 9.88 Å². The van der Waals surface area contributed by atoms with E-state index in [1.807, 2.05) is 31.1 Å². The molecular weight excluding hydrogens is 254 g/mol. The van der Waals surface area contributed by atoms with Gasteiger partial charge in [-0.3, -0.25) is 4.79 Å². The molecule has 1 atom stereocenters. The van der Waals surface area contributed by atoms with Gasteiger partial charge in [-0.05, 0) is 37.5 Å². The van der Waals surface area contributed by atoms with Gasteiger partial charge in [0.1, 0.15) is 12.4 Å². The lowest BCUT2D eigenvalue weighted by Crippen LogP contribution is -2.41. The van der Waals surface area contributed by atoms with Crippen LogP contribution in [0.15, 0.2) is 18.3 Å². The van der Waals surface area contributed by atoms with E-state index in [0.29, 0.717) is 12.5 Å². The zero-order valence-electron chi connectivity index (χ0n) is 12.3. The number of hydrogen-bond donors (Lipinski definition) is 1. The molecule has 1 aliphatic rings. The summed E-state index contributed by atoms with van der Waals surface area (Å²) in [4.78, 5) is 18.2. The molecule has 1 aliphatic heterocycles. The highest BCUT2D eigenvalue weighted by atomic mass is 16.5. The van der Waals surface area contributed by atoms with Crippen LogP contribution < -0.4 is 5.32 Å². The van der Waals surface area contributed by atoms with Crippen molar-refractivity contribution in [3.8, 4) is 0 Å². The van der Waals surface area contributed by atoms with Crippen molar-refractivity contribution in [2.24, 2.45) is 0 Å². The van der Waals surface area contributed by atoms with E-state index in [-0.39, 0.29) is 12.5 Å². The van der Waals surface area contributed by atoms with E-state index >= 15 is 0 Å². The summed E-state index contributed by atoms with van der Waals surface area (Å²) in [5.74, 6) is 1.36. The second kappa shape index (κ2) is 7.24. The number of aromatic nitrogens is 1. The molecule has 0 aromatic carbocycles. The predicted molar refractivity (Wildman–Crippen MR) is 78.8 cm³/mol. The van der Waals surface area contributed by atoms with Gasteiger partial charge in [0.15, 0.2) is 0 Å². The summed E-state index contributed by atoms with van der Waals surface area (Å²) in [6.07, 6.45) is 3.98. The number of ether oxygens (including phenoxy) is 1. The maximum Gasteiger partial charge on any atom is 0.248 e. The molecule has 20 heavy (non-hydrogen) atoms. The van der Waals surface area contributed by atoms with Gasteiger partial charge in [-0.1, -0.05) is 0 Å². The zero-order valence-corrected chi connectivity index (χ0v) is 12.3. The van der Waals surface area contributed by atoms with Crippen molar-refractivity contribution in [2.45, 2.75) is 25.7 Å². The summed E-state index contributed by atoms with van der Waals surface area (Å²) in [5, 5.41) is 3.06. The van der Waals surface area contributed by atoms with Gasteiger partial charge < -0.3 is 15.0 Å². The molecule has 0 unspecified atom stereocenters. The molecule has 0 bridgehead atoms. The number of carbonyl (C=O) groups excluding carboxylic acids is 1. The van der Waals surface area contributed by atoms with Crippen molar-refractivity contribution in [1.29, 1.82) is 0 Å². The second-order valence-corrected chi connectivity index (χ2v) is 5.04. The van der Waals surface area contributed by atoms with E-state index in [1.54, 1.807) is 0 Å². The van der Waals surface area contributed by atoms with Crippen LogP contribution in [-0.2, 0) is 9.53 Å². The standard InChI is InChI=1S/C15H23N3O2/c1-3-20-11-15(19)18-8-4-5-13(10-18)12-6-7-17-14(9-12)16-2/h6-7,9,13H,3-5,8,10-11H2,1-2H3,(H,16,17)/t13-/m1/s1. The number of nitrogens with one attached hydrogen (secondary N) is 1. The molecular formula is C15H23N3O2. The minimum absolute atomic E-state index is 0.0967. The number of nitrogens with zero attached hydrogens (tertiary/aromatic N) is 2. The molecule has 2 heterocycles. The normalized spacial score (nSPS) is 18.9. The Morgan fingerprint density at radius 3 is 3.20 bits per heavy atom. The van der Waals surface area contributed by atoms with Crippen LogP contribution >= 0.6 is 0 Å². The minimum atomic E-state index is 0.0967. The van der Waals surface area contributed by atoms with Gasteiger partial charge in [0.05, 0.1) is 0 Å². The Morgan fingerprint density at radius 1 is 1.60 bits per heavy atom. The Balaban J connectivity index is 2.00. The highest BCUT2D eigenvalue weighted by molar-refractivity contribution is 5.77. The summed E-state index contributed by atoms with van der Waals surface area (Å²) in [7, 11) is 1.87. The number of anilines is 1. The van der Waals surface area contributed by atoms with Crippen LogP contribution in [0.5, 0.6) is 0 Å². The number of hydrogen-bond acceptors (Lipinski definition) is 4.